The molecular weight excluding hydrogens is 374 g/mol. The average Bonchev–Trinajstić information content (AvgIpc) is 2.66. The molecule has 0 saturated heterocycles. The van der Waals surface area contributed by atoms with Crippen molar-refractivity contribution in [3.63, 3.8) is 0 Å². The van der Waals surface area contributed by atoms with Crippen molar-refractivity contribution in [1.29, 1.82) is 0 Å². The number of benzene rings is 1. The first-order valence-electron chi connectivity index (χ1n) is 7.98. The van der Waals surface area contributed by atoms with Crippen LogP contribution in [0.5, 0.6) is 0 Å². The Morgan fingerprint density at radius 2 is 1.88 bits per heavy atom. The van der Waals surface area contributed by atoms with E-state index in [1.165, 1.54) is 18.9 Å². The third-order valence-corrected chi connectivity index (χ3v) is 4.87. The molecule has 26 heavy (non-hydrogen) atoms. The molecule has 0 aliphatic rings. The number of halogens is 1. The summed E-state index contributed by atoms with van der Waals surface area (Å²) in [5.41, 5.74) is 2.46. The van der Waals surface area contributed by atoms with Gasteiger partial charge in [-0.25, -0.2) is 9.59 Å². The van der Waals surface area contributed by atoms with Gasteiger partial charge in [0.2, 0.25) is 0 Å². The predicted octanol–water partition coefficient (Wildman–Crippen LogP) is 4.48. The maximum absolute atomic E-state index is 12.7. The number of pyridine rings is 1. The van der Waals surface area contributed by atoms with Crippen LogP contribution >= 0.6 is 23.4 Å². The minimum Gasteiger partial charge on any atom is -0.465 e. The van der Waals surface area contributed by atoms with Crippen molar-refractivity contribution in [3.8, 4) is 11.1 Å². The van der Waals surface area contributed by atoms with Gasteiger partial charge in [-0.15, -0.1) is 23.4 Å². The lowest BCUT2D eigenvalue weighted by molar-refractivity contribution is 0.0525. The fraction of sp³-hybridized carbons (Fsp3) is 0.316. The first kappa shape index (κ1) is 20.3. The number of nitrogens with zero attached hydrogens (tertiary/aromatic N) is 1. The number of ether oxygens (including phenoxy) is 2. The topological polar surface area (TPSA) is 65.5 Å². The summed E-state index contributed by atoms with van der Waals surface area (Å²) >= 11 is 7.57. The lowest BCUT2D eigenvalue weighted by atomic mass is 9.92. The molecule has 0 aliphatic carbocycles. The molecule has 0 radical (unpaired) electrons. The van der Waals surface area contributed by atoms with E-state index in [0.29, 0.717) is 17.0 Å². The van der Waals surface area contributed by atoms with Crippen LogP contribution in [0.1, 0.15) is 39.0 Å². The van der Waals surface area contributed by atoms with Crippen LogP contribution in [0.3, 0.4) is 0 Å². The number of methoxy groups -OCH3 is 1. The van der Waals surface area contributed by atoms with Gasteiger partial charge in [0.15, 0.2) is 0 Å². The number of hydrogen-bond donors (Lipinski definition) is 0. The third kappa shape index (κ3) is 3.86. The first-order chi connectivity index (χ1) is 12.5. The third-order valence-electron chi connectivity index (χ3n) is 3.83. The lowest BCUT2D eigenvalue weighted by Crippen LogP contribution is -2.17. The number of carbonyl (C=O) groups is 2. The normalized spacial score (nSPS) is 10.5. The molecule has 1 aromatic heterocycles. The van der Waals surface area contributed by atoms with Gasteiger partial charge in [0.1, 0.15) is 0 Å². The quantitative estimate of drug-likeness (QED) is 0.409. The Morgan fingerprint density at radius 1 is 1.19 bits per heavy atom. The van der Waals surface area contributed by atoms with Gasteiger partial charge in [-0.3, -0.25) is 4.98 Å². The highest BCUT2D eigenvalue weighted by molar-refractivity contribution is 7.98. The van der Waals surface area contributed by atoms with Crippen molar-refractivity contribution in [2.24, 2.45) is 0 Å². The molecule has 5 nitrogen and oxygen atoms in total. The van der Waals surface area contributed by atoms with Gasteiger partial charge in [-0.05, 0) is 31.7 Å². The number of aryl methyl sites for hydroxylation is 1. The summed E-state index contributed by atoms with van der Waals surface area (Å²) in [4.78, 5) is 30.5. The number of aromatic nitrogens is 1. The van der Waals surface area contributed by atoms with E-state index in [1.54, 1.807) is 13.8 Å². The molecule has 0 aliphatic heterocycles. The fourth-order valence-corrected chi connectivity index (χ4v) is 3.55. The van der Waals surface area contributed by atoms with Crippen molar-refractivity contribution in [2.45, 2.75) is 24.6 Å². The highest BCUT2D eigenvalue weighted by atomic mass is 35.5. The molecule has 0 bridgehead atoms. The van der Waals surface area contributed by atoms with Gasteiger partial charge < -0.3 is 9.47 Å². The molecule has 0 N–H and O–H groups in total. The Kier molecular flexibility index (Phi) is 7.06. The van der Waals surface area contributed by atoms with E-state index in [1.807, 2.05) is 30.5 Å². The van der Waals surface area contributed by atoms with E-state index in [4.69, 9.17) is 21.1 Å². The van der Waals surface area contributed by atoms with Gasteiger partial charge in [0, 0.05) is 10.5 Å². The summed E-state index contributed by atoms with van der Waals surface area (Å²) in [6.07, 6.45) is 1.93. The van der Waals surface area contributed by atoms with Gasteiger partial charge in [-0.1, -0.05) is 18.2 Å². The molecule has 2 rings (SSSR count). The monoisotopic (exact) mass is 393 g/mol. The van der Waals surface area contributed by atoms with Crippen LogP contribution < -0.4 is 0 Å². The molecule has 0 atom stereocenters. The number of carbonyl (C=O) groups excluding carboxylic acids is 2. The number of alkyl halides is 1. The van der Waals surface area contributed by atoms with E-state index < -0.39 is 11.9 Å². The van der Waals surface area contributed by atoms with Crippen molar-refractivity contribution in [1.82, 2.24) is 4.98 Å². The number of esters is 2. The Morgan fingerprint density at radius 3 is 2.46 bits per heavy atom. The van der Waals surface area contributed by atoms with Gasteiger partial charge in [-0.2, -0.15) is 0 Å². The molecule has 7 heteroatoms. The summed E-state index contributed by atoms with van der Waals surface area (Å²) in [5.74, 6) is -1.11. The second kappa shape index (κ2) is 9.05. The van der Waals surface area contributed by atoms with E-state index in [0.717, 1.165) is 10.5 Å². The van der Waals surface area contributed by atoms with Crippen molar-refractivity contribution in [2.75, 3.05) is 20.0 Å². The zero-order chi connectivity index (χ0) is 19.3. The summed E-state index contributed by atoms with van der Waals surface area (Å²) in [6, 6.07) is 7.52. The van der Waals surface area contributed by atoms with Gasteiger partial charge >= 0.3 is 11.9 Å². The molecule has 0 fully saturated rings. The van der Waals surface area contributed by atoms with Crippen LogP contribution in [0.15, 0.2) is 29.2 Å². The van der Waals surface area contributed by atoms with Crippen LogP contribution in [0, 0.1) is 6.92 Å². The van der Waals surface area contributed by atoms with E-state index >= 15 is 0 Å². The van der Waals surface area contributed by atoms with Gasteiger partial charge in [0.05, 0.1) is 42.1 Å². The Bertz CT molecular complexity index is 839. The van der Waals surface area contributed by atoms with Crippen molar-refractivity contribution < 1.29 is 19.1 Å². The highest BCUT2D eigenvalue weighted by Gasteiger charge is 2.29. The molecular formula is C19H20ClNO4S. The van der Waals surface area contributed by atoms with Crippen LogP contribution in [-0.4, -0.2) is 36.9 Å². The van der Waals surface area contributed by atoms with Crippen LogP contribution in [0.4, 0.5) is 0 Å². The molecule has 1 aromatic carbocycles. The maximum Gasteiger partial charge on any atom is 0.340 e. The zero-order valence-electron chi connectivity index (χ0n) is 15.1. The Labute approximate surface area is 162 Å². The highest BCUT2D eigenvalue weighted by Crippen LogP contribution is 2.38. The smallest absolute Gasteiger partial charge is 0.340 e. The summed E-state index contributed by atoms with van der Waals surface area (Å²) < 4.78 is 10.2. The largest absolute Gasteiger partial charge is 0.465 e. The Balaban J connectivity index is 2.98. The molecule has 138 valence electrons. The number of thioether (sulfide) groups is 1. The maximum atomic E-state index is 12.7. The van der Waals surface area contributed by atoms with E-state index in [2.05, 4.69) is 4.98 Å². The van der Waals surface area contributed by atoms with Crippen LogP contribution in [0.2, 0.25) is 0 Å². The molecule has 0 spiro atoms. The molecule has 1 heterocycles. The second-order valence-electron chi connectivity index (χ2n) is 5.31. The number of hydrogen-bond acceptors (Lipinski definition) is 6. The first-order valence-corrected chi connectivity index (χ1v) is 9.74. The summed E-state index contributed by atoms with van der Waals surface area (Å²) in [6.45, 7) is 3.62. The fourth-order valence-electron chi connectivity index (χ4n) is 2.76. The SMILES string of the molecule is CCOC(=O)c1c(CCl)nc(C)c(C(=O)OC)c1-c1ccccc1SC. The Hall–Kier alpha value is -2.05. The lowest BCUT2D eigenvalue weighted by Gasteiger charge is -2.19. The minimum absolute atomic E-state index is 0.0187. The van der Waals surface area contributed by atoms with Crippen LogP contribution in [0.25, 0.3) is 11.1 Å². The molecule has 0 amide bonds. The van der Waals surface area contributed by atoms with Crippen molar-refractivity contribution >= 4 is 35.3 Å². The van der Waals surface area contributed by atoms with Crippen LogP contribution in [-0.2, 0) is 15.4 Å². The van der Waals surface area contributed by atoms with Crippen molar-refractivity contribution in [3.05, 3.63) is 46.8 Å². The average molecular weight is 394 g/mol. The van der Waals surface area contributed by atoms with E-state index in [-0.39, 0.29) is 23.6 Å². The standard InChI is InChI=1S/C19H20ClNO4S/c1-5-25-19(23)17-13(10-20)21-11(2)15(18(22)24-3)16(17)12-8-6-7-9-14(12)26-4/h6-9H,5,10H2,1-4H3. The summed E-state index contributed by atoms with van der Waals surface area (Å²) in [5, 5.41) is 0. The minimum atomic E-state index is -0.563. The molecule has 0 saturated carbocycles. The summed E-state index contributed by atoms with van der Waals surface area (Å²) in [7, 11) is 1.30. The molecule has 2 aromatic rings. The second-order valence-corrected chi connectivity index (χ2v) is 6.43. The van der Waals surface area contributed by atoms with E-state index in [9.17, 15) is 9.59 Å². The zero-order valence-corrected chi connectivity index (χ0v) is 16.7. The van der Waals surface area contributed by atoms with Gasteiger partial charge in [0.25, 0.3) is 0 Å². The number of rotatable bonds is 6. The molecule has 0 unspecified atom stereocenters. The predicted molar refractivity (Wildman–Crippen MR) is 103 cm³/mol.